The number of carboxylic acids is 1. The highest BCUT2D eigenvalue weighted by Crippen LogP contribution is 2.25. The van der Waals surface area contributed by atoms with Gasteiger partial charge in [-0.3, -0.25) is 20.2 Å². The first-order chi connectivity index (χ1) is 10.9. The van der Waals surface area contributed by atoms with E-state index < -0.39 is 15.8 Å². The van der Waals surface area contributed by atoms with Crippen molar-refractivity contribution >= 4 is 29.0 Å². The van der Waals surface area contributed by atoms with Gasteiger partial charge in [-0.1, -0.05) is 12.1 Å². The Hall–Kier alpha value is -3.55. The van der Waals surface area contributed by atoms with Crippen LogP contribution in [0.2, 0.25) is 0 Å². The zero-order valence-corrected chi connectivity index (χ0v) is 11.5. The van der Waals surface area contributed by atoms with Crippen LogP contribution >= 0.6 is 0 Å². The van der Waals surface area contributed by atoms with Gasteiger partial charge in [-0.15, -0.1) is 0 Å². The molecule has 2 rings (SSSR count). The molecule has 0 heterocycles. The summed E-state index contributed by atoms with van der Waals surface area (Å²) in [5.74, 6) is -1.54. The third kappa shape index (κ3) is 3.56. The molecule has 0 spiro atoms. The van der Waals surface area contributed by atoms with Crippen molar-refractivity contribution in [2.45, 2.75) is 0 Å². The van der Waals surface area contributed by atoms with Gasteiger partial charge in [-0.05, 0) is 29.8 Å². The molecule has 8 heteroatoms. The Labute approximate surface area is 129 Å². The predicted molar refractivity (Wildman–Crippen MR) is 79.1 cm³/mol. The number of benzene rings is 2. The fraction of sp³-hybridized carbons (Fsp3) is 0. The minimum Gasteiger partial charge on any atom is -0.545 e. The number of para-hydroxylation sites is 1. The summed E-state index contributed by atoms with van der Waals surface area (Å²) >= 11 is 0. The van der Waals surface area contributed by atoms with Crippen molar-refractivity contribution in [3.63, 3.8) is 0 Å². The fourth-order valence-electron chi connectivity index (χ4n) is 1.95. The fourth-order valence-corrected chi connectivity index (χ4v) is 1.95. The molecule has 2 aromatic carbocycles. The molecule has 0 saturated carbocycles. The van der Waals surface area contributed by atoms with E-state index in [1.54, 1.807) is 0 Å². The summed E-state index contributed by atoms with van der Waals surface area (Å²) in [6.07, 6.45) is 1.11. The Bertz CT molecular complexity index is 811. The highest BCUT2D eigenvalue weighted by Gasteiger charge is 2.13. The van der Waals surface area contributed by atoms with Gasteiger partial charge in [-0.25, -0.2) is 0 Å². The summed E-state index contributed by atoms with van der Waals surface area (Å²) in [4.78, 5) is 31.7. The van der Waals surface area contributed by atoms with Crippen LogP contribution in [0.4, 0.5) is 11.4 Å². The number of nitro benzene ring substituents is 2. The number of nitrogens with zero attached hydrogens (tertiary/aromatic N) is 2. The Morgan fingerprint density at radius 2 is 1.52 bits per heavy atom. The Morgan fingerprint density at radius 3 is 2.04 bits per heavy atom. The van der Waals surface area contributed by atoms with Gasteiger partial charge in [0.25, 0.3) is 11.4 Å². The van der Waals surface area contributed by atoms with Crippen molar-refractivity contribution < 1.29 is 19.7 Å². The summed E-state index contributed by atoms with van der Waals surface area (Å²) in [6, 6.07) is 10.4. The maximum absolute atomic E-state index is 11.3. The van der Waals surface area contributed by atoms with Crippen molar-refractivity contribution in [1.82, 2.24) is 0 Å². The molecule has 0 amide bonds. The van der Waals surface area contributed by atoms with Crippen molar-refractivity contribution in [2.24, 2.45) is 0 Å². The van der Waals surface area contributed by atoms with Gasteiger partial charge >= 0.3 is 0 Å². The van der Waals surface area contributed by atoms with Crippen LogP contribution in [0.3, 0.4) is 0 Å². The average Bonchev–Trinajstić information content (AvgIpc) is 2.52. The van der Waals surface area contributed by atoms with Crippen LogP contribution in [0.5, 0.6) is 0 Å². The van der Waals surface area contributed by atoms with E-state index in [-0.39, 0.29) is 28.1 Å². The molecule has 0 unspecified atom stereocenters. The molecule has 0 bridgehead atoms. The molecule has 0 N–H and O–H groups in total. The molecule has 0 fully saturated rings. The van der Waals surface area contributed by atoms with Crippen LogP contribution in [-0.4, -0.2) is 15.8 Å². The van der Waals surface area contributed by atoms with Gasteiger partial charge < -0.3 is 9.90 Å². The highest BCUT2D eigenvalue weighted by atomic mass is 16.6. The minimum absolute atomic E-state index is 0.0926. The number of carbonyl (C=O) groups excluding carboxylic acids is 1. The summed E-state index contributed by atoms with van der Waals surface area (Å²) in [5.41, 5.74) is -0.525. The van der Waals surface area contributed by atoms with Gasteiger partial charge in [0, 0.05) is 23.8 Å². The van der Waals surface area contributed by atoms with Crippen LogP contribution in [0, 0.1) is 20.2 Å². The largest absolute Gasteiger partial charge is 0.545 e. The number of aliphatic carboxylic acids is 1. The Morgan fingerprint density at radius 1 is 0.913 bits per heavy atom. The van der Waals surface area contributed by atoms with Crippen molar-refractivity contribution in [1.29, 1.82) is 0 Å². The van der Waals surface area contributed by atoms with Crippen LogP contribution in [-0.2, 0) is 4.79 Å². The number of carboxylic acid groups (broad SMARTS) is 1. The van der Waals surface area contributed by atoms with E-state index in [0.29, 0.717) is 0 Å². The van der Waals surface area contributed by atoms with Gasteiger partial charge in [0.1, 0.15) is 0 Å². The number of nitro groups is 2. The smallest absolute Gasteiger partial charge is 0.276 e. The number of carbonyl (C=O) groups is 1. The molecule has 8 nitrogen and oxygen atoms in total. The zero-order chi connectivity index (χ0) is 17.0. The molecule has 0 atom stereocenters. The number of hydrogen-bond acceptors (Lipinski definition) is 6. The van der Waals surface area contributed by atoms with Crippen molar-refractivity contribution in [3.8, 4) is 0 Å². The first kappa shape index (κ1) is 15.8. The van der Waals surface area contributed by atoms with E-state index in [4.69, 9.17) is 0 Å². The average molecular weight is 313 g/mol. The predicted octanol–water partition coefficient (Wildman–Crippen LogP) is 1.79. The zero-order valence-electron chi connectivity index (χ0n) is 11.5. The lowest BCUT2D eigenvalue weighted by atomic mass is 10.0. The lowest BCUT2D eigenvalue weighted by Crippen LogP contribution is -2.23. The normalized spacial score (nSPS) is 11.0. The van der Waals surface area contributed by atoms with Crippen LogP contribution in [0.1, 0.15) is 11.1 Å². The van der Waals surface area contributed by atoms with Crippen molar-refractivity contribution in [2.75, 3.05) is 0 Å². The maximum Gasteiger partial charge on any atom is 0.276 e. The molecule has 0 radical (unpaired) electrons. The van der Waals surface area contributed by atoms with Crippen LogP contribution in [0.15, 0.2) is 48.5 Å². The third-order valence-electron chi connectivity index (χ3n) is 3.04. The Kier molecular flexibility index (Phi) is 4.46. The third-order valence-corrected chi connectivity index (χ3v) is 3.04. The molecule has 0 aliphatic carbocycles. The molecule has 2 aromatic rings. The topological polar surface area (TPSA) is 126 Å². The van der Waals surface area contributed by atoms with E-state index in [9.17, 15) is 30.1 Å². The molecule has 0 saturated heterocycles. The van der Waals surface area contributed by atoms with Crippen molar-refractivity contribution in [3.05, 3.63) is 79.9 Å². The standard InChI is InChI=1S/C15H10N2O6/c18-15(19)13(10-5-7-12(8-6-10)16(20)21)9-11-3-1-2-4-14(11)17(22)23/h1-9H,(H,18,19)/p-1/b13-9+. The number of hydrogen-bond donors (Lipinski definition) is 0. The molecule has 23 heavy (non-hydrogen) atoms. The maximum atomic E-state index is 11.3. The van der Waals surface area contributed by atoms with E-state index in [1.165, 1.54) is 36.4 Å². The van der Waals surface area contributed by atoms with E-state index in [2.05, 4.69) is 0 Å². The second-order valence-electron chi connectivity index (χ2n) is 4.47. The first-order valence-electron chi connectivity index (χ1n) is 6.31. The van der Waals surface area contributed by atoms with Gasteiger partial charge in [0.15, 0.2) is 0 Å². The van der Waals surface area contributed by atoms with E-state index >= 15 is 0 Å². The minimum atomic E-state index is -1.54. The SMILES string of the molecule is O=C([O-])/C(=C/c1ccccc1[N+](=O)[O-])c1ccc([N+](=O)[O-])cc1. The monoisotopic (exact) mass is 313 g/mol. The van der Waals surface area contributed by atoms with E-state index in [1.807, 2.05) is 0 Å². The summed E-state index contributed by atoms with van der Waals surface area (Å²) in [7, 11) is 0. The first-order valence-corrected chi connectivity index (χ1v) is 6.31. The Balaban J connectivity index is 2.53. The van der Waals surface area contributed by atoms with Gasteiger partial charge in [0.05, 0.1) is 21.4 Å². The number of rotatable bonds is 5. The molecular weight excluding hydrogens is 304 g/mol. The van der Waals surface area contributed by atoms with Gasteiger partial charge in [-0.2, -0.15) is 0 Å². The summed E-state index contributed by atoms with van der Waals surface area (Å²) < 4.78 is 0. The van der Waals surface area contributed by atoms with Crippen LogP contribution < -0.4 is 5.11 Å². The molecular formula is C15H9N2O6-. The summed E-state index contributed by atoms with van der Waals surface area (Å²) in [6.45, 7) is 0. The lowest BCUT2D eigenvalue weighted by molar-refractivity contribution is -0.385. The van der Waals surface area contributed by atoms with Crippen LogP contribution in [0.25, 0.3) is 11.6 Å². The molecule has 0 aromatic heterocycles. The van der Waals surface area contributed by atoms with E-state index in [0.717, 1.165) is 18.2 Å². The molecule has 116 valence electrons. The second-order valence-corrected chi connectivity index (χ2v) is 4.47. The molecule has 0 aliphatic heterocycles. The molecule has 0 aliphatic rings. The second kappa shape index (κ2) is 6.48. The highest BCUT2D eigenvalue weighted by molar-refractivity contribution is 6.19. The lowest BCUT2D eigenvalue weighted by Gasteiger charge is -2.09. The summed E-state index contributed by atoms with van der Waals surface area (Å²) in [5, 5.41) is 32.9. The number of non-ortho nitro benzene ring substituents is 1. The quantitative estimate of drug-likeness (QED) is 0.358. The van der Waals surface area contributed by atoms with Gasteiger partial charge in [0.2, 0.25) is 0 Å².